The zero-order chi connectivity index (χ0) is 15.5. The van der Waals surface area contributed by atoms with Crippen LogP contribution < -0.4 is 0 Å². The van der Waals surface area contributed by atoms with Crippen LogP contribution in [0.15, 0.2) is 0 Å². The highest BCUT2D eigenvalue weighted by atomic mass is 28.4. The molecule has 0 saturated heterocycles. The van der Waals surface area contributed by atoms with E-state index in [1.165, 1.54) is 0 Å². The molecule has 0 radical (unpaired) electrons. The van der Waals surface area contributed by atoms with E-state index in [1.54, 1.807) is 0 Å². The molecule has 2 aliphatic carbocycles. The van der Waals surface area contributed by atoms with E-state index >= 15 is 0 Å². The first kappa shape index (κ1) is 14.5. The summed E-state index contributed by atoms with van der Waals surface area (Å²) in [5.74, 6) is 0.152. The lowest BCUT2D eigenvalue weighted by molar-refractivity contribution is -0.143. The van der Waals surface area contributed by atoms with Gasteiger partial charge in [-0.3, -0.25) is 4.79 Å². The topological polar surface area (TPSA) is 65.0 Å². The van der Waals surface area contributed by atoms with Gasteiger partial charge in [0.2, 0.25) is 0 Å². The second-order valence-electron chi connectivity index (χ2n) is 5.66. The van der Waals surface area contributed by atoms with Crippen LogP contribution in [0.4, 0.5) is 0 Å². The summed E-state index contributed by atoms with van der Waals surface area (Å²) in [6.07, 6.45) is 2.65. The van der Waals surface area contributed by atoms with E-state index in [0.717, 1.165) is 19.3 Å². The average molecular weight is 303 g/mol. The Labute approximate surface area is 123 Å². The lowest BCUT2D eigenvalue weighted by Gasteiger charge is -2.38. The zero-order valence-electron chi connectivity index (χ0n) is 13.6. The lowest BCUT2D eigenvalue weighted by atomic mass is 9.89. The number of hydrogen-bond acceptors (Lipinski definition) is 5. The van der Waals surface area contributed by atoms with Gasteiger partial charge in [0.15, 0.2) is 0 Å². The van der Waals surface area contributed by atoms with Crippen LogP contribution in [0.3, 0.4) is 0 Å². The van der Waals surface area contributed by atoms with Gasteiger partial charge in [-0.2, -0.15) is 0 Å². The summed E-state index contributed by atoms with van der Waals surface area (Å²) in [4.78, 5) is 11.6. The molecule has 116 valence electrons. The molecule has 0 aromatic rings. The number of carbonyl (C=O) groups is 1. The molecular formula is C14H26O5Si. The molecule has 0 aliphatic heterocycles. The van der Waals surface area contributed by atoms with Crippen LogP contribution >= 0.6 is 0 Å². The van der Waals surface area contributed by atoms with Crippen molar-refractivity contribution in [1.82, 2.24) is 0 Å². The van der Waals surface area contributed by atoms with Gasteiger partial charge in [-0.15, -0.1) is 0 Å². The van der Waals surface area contributed by atoms with E-state index in [2.05, 4.69) is 5.11 Å². The van der Waals surface area contributed by atoms with Crippen LogP contribution in [-0.4, -0.2) is 39.7 Å². The molecule has 4 unspecified atom stereocenters. The fourth-order valence-corrected chi connectivity index (χ4v) is 7.59. The van der Waals surface area contributed by atoms with E-state index < -0.39 is 14.8 Å². The maximum absolute atomic E-state index is 11.6. The van der Waals surface area contributed by atoms with Crippen molar-refractivity contribution in [2.75, 3.05) is 19.8 Å². The number of carboxylic acids is 1. The number of aliphatic carboxylic acids is 1. The van der Waals surface area contributed by atoms with Gasteiger partial charge in [0, 0.05) is 25.4 Å². The highest BCUT2D eigenvalue weighted by Crippen LogP contribution is 2.58. The van der Waals surface area contributed by atoms with Crippen molar-refractivity contribution in [3.8, 4) is 0 Å². The summed E-state index contributed by atoms with van der Waals surface area (Å²) >= 11 is 0. The number of hydrogen-bond donors (Lipinski definition) is 1. The minimum atomic E-state index is -2.69. The summed E-state index contributed by atoms with van der Waals surface area (Å²) in [6.45, 7) is 7.64. The Morgan fingerprint density at radius 3 is 2.10 bits per heavy atom. The molecule has 2 bridgehead atoms. The van der Waals surface area contributed by atoms with Gasteiger partial charge in [0.1, 0.15) is 0 Å². The fraction of sp³-hybridized carbons (Fsp3) is 0.929. The SMILES string of the molecule is [2H]OC(=O)C1CC2CC1CC2[Si](OCC)(OCC)OCC. The molecule has 1 N–H and O–H groups in total. The lowest BCUT2D eigenvalue weighted by Crippen LogP contribution is -2.52. The van der Waals surface area contributed by atoms with E-state index in [9.17, 15) is 4.79 Å². The Hall–Kier alpha value is -0.433. The molecule has 0 amide bonds. The van der Waals surface area contributed by atoms with Gasteiger partial charge in [-0.25, -0.2) is 0 Å². The van der Waals surface area contributed by atoms with Crippen molar-refractivity contribution in [2.24, 2.45) is 17.8 Å². The van der Waals surface area contributed by atoms with Gasteiger partial charge in [-0.05, 0) is 51.9 Å². The smallest absolute Gasteiger partial charge is 0.481 e. The fourth-order valence-electron chi connectivity index (χ4n) is 4.05. The summed E-state index contributed by atoms with van der Waals surface area (Å²) in [7, 11) is -2.69. The molecule has 0 heterocycles. The third-order valence-electron chi connectivity index (χ3n) is 4.65. The van der Waals surface area contributed by atoms with Gasteiger partial charge in [-0.1, -0.05) is 0 Å². The third kappa shape index (κ3) is 2.79. The highest BCUT2D eigenvalue weighted by molar-refractivity contribution is 6.62. The molecule has 20 heavy (non-hydrogen) atoms. The molecule has 4 atom stereocenters. The van der Waals surface area contributed by atoms with Crippen molar-refractivity contribution in [1.29, 1.82) is 1.43 Å². The van der Waals surface area contributed by atoms with Crippen molar-refractivity contribution >= 4 is 14.8 Å². The van der Waals surface area contributed by atoms with Gasteiger partial charge < -0.3 is 18.4 Å². The normalized spacial score (nSPS) is 33.2. The molecule has 2 saturated carbocycles. The first-order chi connectivity index (χ1) is 10.1. The molecule has 5 nitrogen and oxygen atoms in total. The molecule has 0 spiro atoms. The highest BCUT2D eigenvalue weighted by Gasteiger charge is 2.61. The molecule has 2 fully saturated rings. The molecule has 0 aromatic heterocycles. The maximum atomic E-state index is 11.6. The first-order valence-corrected chi connectivity index (χ1v) is 9.50. The largest absolute Gasteiger partial charge is 0.504 e. The predicted octanol–water partition coefficient (Wildman–Crippen LogP) is 2.54. The van der Waals surface area contributed by atoms with Crippen molar-refractivity contribution in [3.63, 3.8) is 0 Å². The minimum absolute atomic E-state index is 0.125. The van der Waals surface area contributed by atoms with Gasteiger partial charge in [0.05, 0.1) is 5.92 Å². The minimum Gasteiger partial charge on any atom is -0.481 e. The van der Waals surface area contributed by atoms with Crippen LogP contribution in [0.1, 0.15) is 40.0 Å². The quantitative estimate of drug-likeness (QED) is 0.698. The molecule has 2 rings (SSSR count). The van der Waals surface area contributed by atoms with Crippen LogP contribution in [0.5, 0.6) is 0 Å². The molecular weight excluding hydrogens is 276 g/mol. The molecule has 2 aliphatic rings. The van der Waals surface area contributed by atoms with Gasteiger partial charge in [0.25, 0.3) is 1.43 Å². The van der Waals surface area contributed by atoms with Crippen molar-refractivity contribution in [3.05, 3.63) is 0 Å². The van der Waals surface area contributed by atoms with E-state index in [4.69, 9.17) is 14.7 Å². The van der Waals surface area contributed by atoms with Crippen molar-refractivity contribution < 1.29 is 23.2 Å². The monoisotopic (exact) mass is 303 g/mol. The first-order valence-electron chi connectivity index (χ1n) is 8.11. The van der Waals surface area contributed by atoms with Crippen LogP contribution in [0.2, 0.25) is 5.54 Å². The zero-order valence-corrected chi connectivity index (χ0v) is 13.6. The Morgan fingerprint density at radius 1 is 1.10 bits per heavy atom. The molecule has 0 aromatic carbocycles. The third-order valence-corrected chi connectivity index (χ3v) is 8.34. The Morgan fingerprint density at radius 2 is 1.70 bits per heavy atom. The second kappa shape index (κ2) is 6.55. The Kier molecular flexibility index (Phi) is 4.75. The van der Waals surface area contributed by atoms with Gasteiger partial charge >= 0.3 is 14.8 Å². The summed E-state index contributed by atoms with van der Waals surface area (Å²) in [5.41, 5.74) is 0.275. The van der Waals surface area contributed by atoms with E-state index in [1.807, 2.05) is 20.8 Å². The Balaban J connectivity index is 2.12. The van der Waals surface area contributed by atoms with E-state index in [0.29, 0.717) is 25.7 Å². The number of fused-ring (bicyclic) bond motifs is 2. The standard InChI is InChI=1S/C14H26O5Si/c1-4-17-20(18-5-2,19-6-3)13-9-10-7-11(13)8-12(10)14(15)16/h10-13H,4-9H2,1-3H3,(H,15,16)/i/hD. The number of carboxylic acid groups (broad SMARTS) is 1. The predicted molar refractivity (Wildman–Crippen MR) is 76.3 cm³/mol. The summed E-state index contributed by atoms with van der Waals surface area (Å²) in [6, 6.07) is 0. The van der Waals surface area contributed by atoms with Crippen LogP contribution in [0.25, 0.3) is 1.43 Å². The van der Waals surface area contributed by atoms with Crippen molar-refractivity contribution in [2.45, 2.75) is 45.6 Å². The Bertz CT molecular complexity index is 350. The number of rotatable bonds is 8. The van der Waals surface area contributed by atoms with Crippen LogP contribution in [0, 0.1) is 17.8 Å². The summed E-state index contributed by atoms with van der Waals surface area (Å²) < 4.78 is 24.8. The maximum Gasteiger partial charge on any atom is 0.504 e. The average Bonchev–Trinajstić information content (AvgIpc) is 3.07. The van der Waals surface area contributed by atoms with E-state index in [-0.39, 0.29) is 17.4 Å². The van der Waals surface area contributed by atoms with Crippen LogP contribution in [-0.2, 0) is 18.1 Å². The second-order valence-corrected chi connectivity index (χ2v) is 8.48. The summed E-state index contributed by atoms with van der Waals surface area (Å²) in [5, 5.41) is 4.18. The molecule has 6 heteroatoms.